The summed E-state index contributed by atoms with van der Waals surface area (Å²) in [4.78, 5) is 26.8. The Morgan fingerprint density at radius 1 is 1.38 bits per heavy atom. The van der Waals surface area contributed by atoms with Gasteiger partial charge in [-0.2, -0.15) is 5.10 Å². The summed E-state index contributed by atoms with van der Waals surface area (Å²) in [6.45, 7) is 3.44. The van der Waals surface area contributed by atoms with E-state index in [0.29, 0.717) is 17.1 Å². The minimum atomic E-state index is -1.04. The molecule has 0 saturated heterocycles. The molecule has 0 fully saturated rings. The average Bonchev–Trinajstić information content (AvgIpc) is 2.94. The molecule has 8 heteroatoms. The number of H-pyrrole nitrogens is 1. The van der Waals surface area contributed by atoms with E-state index in [1.165, 1.54) is 12.4 Å². The Morgan fingerprint density at radius 3 is 2.76 bits per heavy atom. The number of nitrogens with one attached hydrogen (secondary N) is 3. The molecule has 2 aromatic rings. The highest BCUT2D eigenvalue weighted by molar-refractivity contribution is 5.94. The highest BCUT2D eigenvalue weighted by atomic mass is 16.4. The van der Waals surface area contributed by atoms with Gasteiger partial charge in [-0.3, -0.25) is 5.10 Å². The highest BCUT2D eigenvalue weighted by Crippen LogP contribution is 2.15. The number of hydrogen-bond donors (Lipinski definition) is 4. The maximum Gasteiger partial charge on any atom is 0.336 e. The number of aryl methyl sites for hydroxylation is 1. The lowest BCUT2D eigenvalue weighted by molar-refractivity contribution is 0.0696. The van der Waals surface area contributed by atoms with Crippen molar-refractivity contribution in [2.24, 2.45) is 0 Å². The summed E-state index contributed by atoms with van der Waals surface area (Å²) in [5.41, 5.74) is 1.18. The first kappa shape index (κ1) is 14.5. The van der Waals surface area contributed by atoms with Gasteiger partial charge in [0.2, 0.25) is 0 Å². The number of amides is 2. The Labute approximate surface area is 120 Å². The monoisotopic (exact) mass is 289 g/mol. The number of aromatic carboxylic acids is 1. The van der Waals surface area contributed by atoms with Crippen LogP contribution < -0.4 is 10.6 Å². The van der Waals surface area contributed by atoms with Gasteiger partial charge in [-0.1, -0.05) is 6.07 Å². The van der Waals surface area contributed by atoms with Gasteiger partial charge >= 0.3 is 12.0 Å². The zero-order valence-electron chi connectivity index (χ0n) is 11.5. The molecular formula is C13H15N5O3. The topological polar surface area (TPSA) is 120 Å². The molecule has 0 spiro atoms. The number of benzene rings is 1. The second-order valence-corrected chi connectivity index (χ2v) is 4.53. The summed E-state index contributed by atoms with van der Waals surface area (Å²) < 4.78 is 0. The summed E-state index contributed by atoms with van der Waals surface area (Å²) in [5.74, 6) is -0.508. The van der Waals surface area contributed by atoms with Crippen molar-refractivity contribution in [1.82, 2.24) is 20.5 Å². The third-order valence-corrected chi connectivity index (χ3v) is 2.92. The molecule has 110 valence electrons. The highest BCUT2D eigenvalue weighted by Gasteiger charge is 2.13. The fourth-order valence-electron chi connectivity index (χ4n) is 1.79. The van der Waals surface area contributed by atoms with Gasteiger partial charge in [0, 0.05) is 5.69 Å². The van der Waals surface area contributed by atoms with E-state index in [1.807, 2.05) is 0 Å². The van der Waals surface area contributed by atoms with Crippen LogP contribution >= 0.6 is 0 Å². The molecule has 1 heterocycles. The first-order valence-corrected chi connectivity index (χ1v) is 6.24. The predicted octanol–water partition coefficient (Wildman–Crippen LogP) is 1.69. The Morgan fingerprint density at radius 2 is 2.14 bits per heavy atom. The van der Waals surface area contributed by atoms with Crippen LogP contribution in [0.5, 0.6) is 0 Å². The number of rotatable bonds is 4. The van der Waals surface area contributed by atoms with Crippen molar-refractivity contribution in [3.05, 3.63) is 41.5 Å². The summed E-state index contributed by atoms with van der Waals surface area (Å²) in [6, 6.07) is 3.88. The fourth-order valence-corrected chi connectivity index (χ4v) is 1.79. The third-order valence-electron chi connectivity index (χ3n) is 2.92. The van der Waals surface area contributed by atoms with E-state index in [-0.39, 0.29) is 11.6 Å². The van der Waals surface area contributed by atoms with E-state index in [1.54, 1.807) is 26.0 Å². The predicted molar refractivity (Wildman–Crippen MR) is 75.1 cm³/mol. The van der Waals surface area contributed by atoms with Crippen molar-refractivity contribution < 1.29 is 14.7 Å². The number of carboxylic acids is 1. The minimum Gasteiger partial charge on any atom is -0.478 e. The van der Waals surface area contributed by atoms with Crippen LogP contribution in [0.4, 0.5) is 10.5 Å². The van der Waals surface area contributed by atoms with Crippen LogP contribution in [0.1, 0.15) is 34.7 Å². The van der Waals surface area contributed by atoms with E-state index < -0.39 is 12.0 Å². The number of anilines is 1. The smallest absolute Gasteiger partial charge is 0.336 e. The molecule has 8 nitrogen and oxygen atoms in total. The normalized spacial score (nSPS) is 11.7. The fraction of sp³-hybridized carbons (Fsp3) is 0.231. The maximum atomic E-state index is 11.9. The molecule has 2 amide bonds. The summed E-state index contributed by atoms with van der Waals surface area (Å²) in [7, 11) is 0. The van der Waals surface area contributed by atoms with Gasteiger partial charge in [-0.25, -0.2) is 14.6 Å². The van der Waals surface area contributed by atoms with Crippen molar-refractivity contribution in [2.45, 2.75) is 19.9 Å². The lowest BCUT2D eigenvalue weighted by atomic mass is 10.1. The number of carboxylic acid groups (broad SMARTS) is 1. The van der Waals surface area contributed by atoms with Crippen LogP contribution in [-0.4, -0.2) is 32.3 Å². The van der Waals surface area contributed by atoms with Crippen molar-refractivity contribution in [1.29, 1.82) is 0 Å². The minimum absolute atomic E-state index is 0.149. The third kappa shape index (κ3) is 3.56. The summed E-state index contributed by atoms with van der Waals surface area (Å²) in [6.07, 6.45) is 1.35. The molecule has 0 aliphatic rings. The zero-order chi connectivity index (χ0) is 15.4. The second-order valence-electron chi connectivity index (χ2n) is 4.53. The number of aromatic amines is 1. The Hall–Kier alpha value is -2.90. The summed E-state index contributed by atoms with van der Waals surface area (Å²) in [5, 5.41) is 20.7. The van der Waals surface area contributed by atoms with Crippen LogP contribution in [0, 0.1) is 6.92 Å². The van der Waals surface area contributed by atoms with Crippen LogP contribution in [-0.2, 0) is 0 Å². The number of nitrogens with zero attached hydrogens (tertiary/aromatic N) is 2. The number of carbonyl (C=O) groups is 2. The van der Waals surface area contributed by atoms with Crippen LogP contribution in [0.3, 0.4) is 0 Å². The first-order valence-electron chi connectivity index (χ1n) is 6.24. The van der Waals surface area contributed by atoms with Crippen molar-refractivity contribution >= 4 is 17.7 Å². The molecule has 1 aromatic carbocycles. The molecule has 4 N–H and O–H groups in total. The Bertz CT molecular complexity index is 654. The lowest BCUT2D eigenvalue weighted by Gasteiger charge is -2.13. The second kappa shape index (κ2) is 6.04. The number of urea groups is 1. The van der Waals surface area contributed by atoms with Gasteiger partial charge in [0.15, 0.2) is 0 Å². The molecule has 0 radical (unpaired) electrons. The average molecular weight is 289 g/mol. The van der Waals surface area contributed by atoms with Gasteiger partial charge in [0.25, 0.3) is 0 Å². The molecule has 21 heavy (non-hydrogen) atoms. The molecule has 1 aromatic heterocycles. The van der Waals surface area contributed by atoms with E-state index in [2.05, 4.69) is 25.8 Å². The van der Waals surface area contributed by atoms with E-state index in [9.17, 15) is 9.59 Å². The molecule has 0 aliphatic carbocycles. The Balaban J connectivity index is 2.03. The molecule has 2 rings (SSSR count). The van der Waals surface area contributed by atoms with Gasteiger partial charge in [-0.05, 0) is 31.5 Å². The molecular weight excluding hydrogens is 274 g/mol. The van der Waals surface area contributed by atoms with E-state index >= 15 is 0 Å². The van der Waals surface area contributed by atoms with Gasteiger partial charge in [0.05, 0.1) is 11.6 Å². The SMILES string of the molecule is Cc1ccc(NC(=O)NC(C)c2ncn[nH]2)cc1C(=O)O. The van der Waals surface area contributed by atoms with Gasteiger partial charge < -0.3 is 15.7 Å². The quantitative estimate of drug-likeness (QED) is 0.682. The zero-order valence-corrected chi connectivity index (χ0v) is 11.5. The lowest BCUT2D eigenvalue weighted by Crippen LogP contribution is -2.31. The molecule has 0 saturated carbocycles. The van der Waals surface area contributed by atoms with Crippen molar-refractivity contribution in [3.63, 3.8) is 0 Å². The van der Waals surface area contributed by atoms with Gasteiger partial charge in [-0.15, -0.1) is 0 Å². The first-order chi connectivity index (χ1) is 9.97. The van der Waals surface area contributed by atoms with Crippen LogP contribution in [0.15, 0.2) is 24.5 Å². The molecule has 1 atom stereocenters. The van der Waals surface area contributed by atoms with Crippen LogP contribution in [0.25, 0.3) is 0 Å². The van der Waals surface area contributed by atoms with Crippen LogP contribution in [0.2, 0.25) is 0 Å². The van der Waals surface area contributed by atoms with E-state index in [0.717, 1.165) is 0 Å². The number of carbonyl (C=O) groups excluding carboxylic acids is 1. The standard InChI is InChI=1S/C13H15N5O3/c1-7-3-4-9(5-10(7)12(19)20)17-13(21)16-8(2)11-14-6-15-18-11/h3-6,8H,1-2H3,(H,19,20)(H,14,15,18)(H2,16,17,21). The molecule has 0 aliphatic heterocycles. The van der Waals surface area contributed by atoms with Gasteiger partial charge in [0.1, 0.15) is 12.2 Å². The summed E-state index contributed by atoms with van der Waals surface area (Å²) >= 11 is 0. The molecule has 0 bridgehead atoms. The number of hydrogen-bond acceptors (Lipinski definition) is 4. The largest absolute Gasteiger partial charge is 0.478 e. The maximum absolute atomic E-state index is 11.9. The number of aromatic nitrogens is 3. The van der Waals surface area contributed by atoms with Crippen molar-refractivity contribution in [2.75, 3.05) is 5.32 Å². The van der Waals surface area contributed by atoms with Crippen molar-refractivity contribution in [3.8, 4) is 0 Å². The molecule has 1 unspecified atom stereocenters. The van der Waals surface area contributed by atoms with E-state index in [4.69, 9.17) is 5.11 Å². The Kier molecular flexibility index (Phi) is 4.17.